The summed E-state index contributed by atoms with van der Waals surface area (Å²) in [6.07, 6.45) is 5.40. The van der Waals surface area contributed by atoms with E-state index in [1.54, 1.807) is 12.1 Å². The highest BCUT2D eigenvalue weighted by Gasteiger charge is 2.38. The first-order valence-electron chi connectivity index (χ1n) is 7.91. The van der Waals surface area contributed by atoms with Crippen LogP contribution in [-0.4, -0.2) is 4.92 Å². The lowest BCUT2D eigenvalue weighted by Crippen LogP contribution is -2.29. The maximum Gasteiger partial charge on any atom is 0.269 e. The number of anilines is 1. The molecule has 0 bridgehead atoms. The monoisotopic (exact) mass is 306 g/mol. The Morgan fingerprint density at radius 1 is 1.17 bits per heavy atom. The Bertz CT molecular complexity index is 796. The summed E-state index contributed by atoms with van der Waals surface area (Å²) in [6.45, 7) is 2.09. The van der Waals surface area contributed by atoms with Gasteiger partial charge < -0.3 is 5.32 Å². The van der Waals surface area contributed by atoms with Gasteiger partial charge in [0.2, 0.25) is 0 Å². The van der Waals surface area contributed by atoms with Gasteiger partial charge in [0.25, 0.3) is 5.69 Å². The van der Waals surface area contributed by atoms with Crippen molar-refractivity contribution in [2.24, 2.45) is 5.92 Å². The maximum atomic E-state index is 11.1. The van der Waals surface area contributed by atoms with Gasteiger partial charge in [-0.15, -0.1) is 0 Å². The van der Waals surface area contributed by atoms with E-state index in [1.165, 1.54) is 11.1 Å². The second-order valence-corrected chi connectivity index (χ2v) is 6.41. The number of fused-ring (bicyclic) bond motifs is 3. The molecule has 1 N–H and O–H groups in total. The number of nitro groups is 1. The van der Waals surface area contributed by atoms with E-state index < -0.39 is 0 Å². The minimum atomic E-state index is -0.319. The maximum absolute atomic E-state index is 11.1. The van der Waals surface area contributed by atoms with Gasteiger partial charge in [-0.2, -0.15) is 0 Å². The van der Waals surface area contributed by atoms with E-state index in [4.69, 9.17) is 0 Å². The molecular formula is C19H18N2O2. The molecule has 2 aliphatic rings. The molecule has 4 rings (SSSR count). The third kappa shape index (κ3) is 2.31. The van der Waals surface area contributed by atoms with Gasteiger partial charge in [0, 0.05) is 23.7 Å². The van der Waals surface area contributed by atoms with Crippen LogP contribution in [0.2, 0.25) is 0 Å². The molecule has 23 heavy (non-hydrogen) atoms. The largest absolute Gasteiger partial charge is 0.378 e. The number of non-ortho nitro benzene ring substituents is 1. The number of hydrogen-bond donors (Lipinski definition) is 1. The quantitative estimate of drug-likeness (QED) is 0.496. The molecule has 0 radical (unpaired) electrons. The van der Waals surface area contributed by atoms with Crippen molar-refractivity contribution in [1.29, 1.82) is 0 Å². The third-order valence-electron chi connectivity index (χ3n) is 4.99. The van der Waals surface area contributed by atoms with Crippen molar-refractivity contribution in [2.45, 2.75) is 25.3 Å². The van der Waals surface area contributed by atoms with Crippen LogP contribution in [0.1, 0.15) is 35.1 Å². The minimum Gasteiger partial charge on any atom is -0.378 e. The Kier molecular flexibility index (Phi) is 3.18. The van der Waals surface area contributed by atoms with Gasteiger partial charge in [0.1, 0.15) is 0 Å². The summed E-state index contributed by atoms with van der Waals surface area (Å²) >= 11 is 0. The van der Waals surface area contributed by atoms with Crippen molar-refractivity contribution in [3.8, 4) is 0 Å². The summed E-state index contributed by atoms with van der Waals surface area (Å²) in [6, 6.07) is 14.0. The summed E-state index contributed by atoms with van der Waals surface area (Å²) in [7, 11) is 0. The highest BCUT2D eigenvalue weighted by atomic mass is 16.6. The molecule has 2 aromatic rings. The first kappa shape index (κ1) is 14.0. The lowest BCUT2D eigenvalue weighted by molar-refractivity contribution is -0.384. The van der Waals surface area contributed by atoms with E-state index in [1.807, 2.05) is 6.07 Å². The predicted octanol–water partition coefficient (Wildman–Crippen LogP) is 4.73. The van der Waals surface area contributed by atoms with Gasteiger partial charge in [0.15, 0.2) is 0 Å². The summed E-state index contributed by atoms with van der Waals surface area (Å²) in [5.41, 5.74) is 4.74. The normalized spacial score (nSPS) is 24.7. The number of benzene rings is 2. The van der Waals surface area contributed by atoms with Crippen molar-refractivity contribution in [3.63, 3.8) is 0 Å². The Balaban J connectivity index is 1.77. The summed E-state index contributed by atoms with van der Waals surface area (Å²) < 4.78 is 0. The molecule has 0 fully saturated rings. The average Bonchev–Trinajstić information content (AvgIpc) is 3.04. The second kappa shape index (κ2) is 5.23. The molecule has 0 saturated heterocycles. The number of nitro benzene ring substituents is 1. The van der Waals surface area contributed by atoms with Crippen LogP contribution in [0.4, 0.5) is 11.4 Å². The van der Waals surface area contributed by atoms with Crippen LogP contribution in [0.3, 0.4) is 0 Å². The Labute approximate surface area is 135 Å². The van der Waals surface area contributed by atoms with E-state index in [-0.39, 0.29) is 22.6 Å². The fraction of sp³-hybridized carbons (Fsp3) is 0.263. The Morgan fingerprint density at radius 3 is 2.70 bits per heavy atom. The fourth-order valence-electron chi connectivity index (χ4n) is 3.80. The Hall–Kier alpha value is -2.62. The summed E-state index contributed by atoms with van der Waals surface area (Å²) in [4.78, 5) is 10.7. The molecule has 2 aromatic carbocycles. The van der Waals surface area contributed by atoms with Crippen LogP contribution >= 0.6 is 0 Å². The Morgan fingerprint density at radius 2 is 1.96 bits per heavy atom. The van der Waals surface area contributed by atoms with Crippen molar-refractivity contribution < 1.29 is 4.92 Å². The van der Waals surface area contributed by atoms with Gasteiger partial charge in [-0.1, -0.05) is 42.0 Å². The smallest absolute Gasteiger partial charge is 0.269 e. The van der Waals surface area contributed by atoms with Crippen molar-refractivity contribution in [2.75, 3.05) is 5.32 Å². The van der Waals surface area contributed by atoms with Gasteiger partial charge in [-0.05, 0) is 36.5 Å². The highest BCUT2D eigenvalue weighted by Crippen LogP contribution is 2.50. The number of allylic oxidation sites excluding steroid dienone is 2. The van der Waals surface area contributed by atoms with Crippen molar-refractivity contribution in [3.05, 3.63) is 81.4 Å². The molecular weight excluding hydrogens is 288 g/mol. The van der Waals surface area contributed by atoms with Gasteiger partial charge in [-0.25, -0.2) is 0 Å². The van der Waals surface area contributed by atoms with Crippen LogP contribution in [0.15, 0.2) is 54.6 Å². The number of nitrogens with one attached hydrogen (secondary N) is 1. The molecule has 0 amide bonds. The molecule has 0 aromatic heterocycles. The molecule has 0 saturated carbocycles. The van der Waals surface area contributed by atoms with Gasteiger partial charge in [-0.3, -0.25) is 10.1 Å². The molecule has 1 aliphatic heterocycles. The molecule has 1 aliphatic carbocycles. The van der Waals surface area contributed by atoms with Crippen molar-refractivity contribution in [1.82, 2.24) is 0 Å². The number of rotatable bonds is 2. The van der Waals surface area contributed by atoms with E-state index in [2.05, 4.69) is 48.7 Å². The molecule has 1 heterocycles. The highest BCUT2D eigenvalue weighted by molar-refractivity contribution is 5.62. The van der Waals surface area contributed by atoms with Gasteiger partial charge in [0.05, 0.1) is 11.0 Å². The second-order valence-electron chi connectivity index (χ2n) is 6.41. The minimum absolute atomic E-state index is 0.165. The molecule has 4 nitrogen and oxygen atoms in total. The number of aryl methyl sites for hydroxylation is 1. The standard InChI is InChI=1S/C19H18N2O2/c1-12-5-7-13(8-6-12)19-16-4-2-3-15(16)17-11-14(21(22)23)9-10-18(17)20-19/h2-3,5-11,15-16,19-20H,4H2,1H3/t15-,16+,19-/m1/s1. The van der Waals surface area contributed by atoms with E-state index in [9.17, 15) is 10.1 Å². The predicted molar refractivity (Wildman–Crippen MR) is 90.6 cm³/mol. The van der Waals surface area contributed by atoms with Gasteiger partial charge >= 0.3 is 0 Å². The van der Waals surface area contributed by atoms with Crippen LogP contribution < -0.4 is 5.32 Å². The number of hydrogen-bond acceptors (Lipinski definition) is 3. The molecule has 4 heteroatoms. The first-order chi connectivity index (χ1) is 11.1. The van der Waals surface area contributed by atoms with Crippen molar-refractivity contribution >= 4 is 11.4 Å². The summed E-state index contributed by atoms with van der Waals surface area (Å²) in [5.74, 6) is 0.657. The van der Waals surface area contributed by atoms with Crippen LogP contribution in [-0.2, 0) is 0 Å². The zero-order chi connectivity index (χ0) is 16.0. The lowest BCUT2D eigenvalue weighted by Gasteiger charge is -2.37. The van der Waals surface area contributed by atoms with Crippen LogP contribution in [0.25, 0.3) is 0 Å². The molecule has 116 valence electrons. The van der Waals surface area contributed by atoms with E-state index in [0.717, 1.165) is 17.7 Å². The molecule has 0 unspecified atom stereocenters. The SMILES string of the molecule is Cc1ccc([C@H]2Nc3ccc([N+](=O)[O-])cc3[C@@H]3C=CC[C@H]23)cc1. The third-order valence-corrected chi connectivity index (χ3v) is 4.99. The van der Waals surface area contributed by atoms with E-state index in [0.29, 0.717) is 5.92 Å². The molecule has 3 atom stereocenters. The average molecular weight is 306 g/mol. The number of nitrogens with zero attached hydrogens (tertiary/aromatic N) is 1. The van der Waals surface area contributed by atoms with Crippen LogP contribution in [0.5, 0.6) is 0 Å². The lowest BCUT2D eigenvalue weighted by atomic mass is 9.77. The topological polar surface area (TPSA) is 55.2 Å². The summed E-state index contributed by atoms with van der Waals surface area (Å²) in [5, 5.41) is 14.7. The zero-order valence-corrected chi connectivity index (χ0v) is 12.9. The fourth-order valence-corrected chi connectivity index (χ4v) is 3.80. The first-order valence-corrected chi connectivity index (χ1v) is 7.91. The zero-order valence-electron chi connectivity index (χ0n) is 12.9. The van der Waals surface area contributed by atoms with E-state index >= 15 is 0 Å². The van der Waals surface area contributed by atoms with Crippen LogP contribution in [0, 0.1) is 23.0 Å². The molecule has 0 spiro atoms.